The maximum atomic E-state index is 12.2. The number of methoxy groups -OCH3 is 2. The summed E-state index contributed by atoms with van der Waals surface area (Å²) in [5.74, 6) is 2.78. The van der Waals surface area contributed by atoms with Gasteiger partial charge in [-0.1, -0.05) is 31.0 Å². The number of esters is 1. The lowest BCUT2D eigenvalue weighted by Gasteiger charge is -2.25. The van der Waals surface area contributed by atoms with Crippen LogP contribution in [0.25, 0.3) is 11.4 Å². The van der Waals surface area contributed by atoms with Gasteiger partial charge < -0.3 is 18.6 Å². The van der Waals surface area contributed by atoms with Crippen LogP contribution in [0.2, 0.25) is 0 Å². The molecule has 3 aromatic rings. The van der Waals surface area contributed by atoms with Crippen molar-refractivity contribution in [1.29, 1.82) is 0 Å². The van der Waals surface area contributed by atoms with Crippen LogP contribution in [0.3, 0.4) is 0 Å². The Balaban J connectivity index is 1.65. The molecule has 0 N–H and O–H groups in total. The van der Waals surface area contributed by atoms with Gasteiger partial charge in [0, 0.05) is 11.6 Å². The first-order chi connectivity index (χ1) is 16.2. The summed E-state index contributed by atoms with van der Waals surface area (Å²) >= 11 is 1.51. The van der Waals surface area contributed by atoms with Crippen molar-refractivity contribution in [2.24, 2.45) is 0 Å². The zero-order chi connectivity index (χ0) is 23.2. The molecule has 1 saturated carbocycles. The monoisotopic (exact) mass is 471 g/mol. The lowest BCUT2D eigenvalue weighted by atomic mass is 9.95. The van der Waals surface area contributed by atoms with Gasteiger partial charge in [-0.2, -0.15) is 0 Å². The summed E-state index contributed by atoms with van der Waals surface area (Å²) in [7, 11) is 3.25. The molecule has 1 aliphatic carbocycles. The van der Waals surface area contributed by atoms with Gasteiger partial charge in [0.05, 0.1) is 32.8 Å². The first-order valence-electron chi connectivity index (χ1n) is 11.2. The summed E-state index contributed by atoms with van der Waals surface area (Å²) in [5, 5.41) is 9.88. The van der Waals surface area contributed by atoms with Crippen molar-refractivity contribution in [3.8, 4) is 22.9 Å². The molecule has 2 aromatic heterocycles. The molecule has 0 spiro atoms. The smallest absolute Gasteiger partial charge is 0.341 e. The Bertz CT molecular complexity index is 1090. The van der Waals surface area contributed by atoms with E-state index in [0.717, 1.165) is 29.4 Å². The van der Waals surface area contributed by atoms with Crippen LogP contribution in [0.4, 0.5) is 0 Å². The van der Waals surface area contributed by atoms with E-state index < -0.39 is 0 Å². The van der Waals surface area contributed by atoms with Gasteiger partial charge in [-0.05, 0) is 44.0 Å². The van der Waals surface area contributed by atoms with E-state index in [1.165, 1.54) is 37.3 Å². The van der Waals surface area contributed by atoms with Crippen LogP contribution in [0.5, 0.6) is 11.5 Å². The molecule has 0 radical (unpaired) electrons. The molecule has 1 aromatic carbocycles. The van der Waals surface area contributed by atoms with Gasteiger partial charge in [-0.3, -0.25) is 4.57 Å². The molecule has 9 heteroatoms. The number of thioether (sulfide) groups is 1. The molecule has 1 fully saturated rings. The molecule has 1 aliphatic rings. The number of hydrogen-bond acceptors (Lipinski definition) is 8. The SMILES string of the molecule is CCOC(=O)c1ccoc1CSc1nnc(-c2ccc(OC)c(OC)c2)n1C1CCCCC1. The number of carbonyl (C=O) groups is 1. The Morgan fingerprint density at radius 2 is 1.91 bits per heavy atom. The van der Waals surface area contributed by atoms with E-state index in [2.05, 4.69) is 14.8 Å². The standard InChI is InChI=1S/C24H29N3O5S/c1-4-31-23(28)18-12-13-32-21(18)15-33-24-26-25-22(27(24)17-8-6-5-7-9-17)16-10-11-19(29-2)20(14-16)30-3/h10-14,17H,4-9,15H2,1-3H3. The number of ether oxygens (including phenoxy) is 3. The molecule has 0 atom stereocenters. The summed E-state index contributed by atoms with van der Waals surface area (Å²) < 4.78 is 23.8. The Morgan fingerprint density at radius 3 is 2.64 bits per heavy atom. The van der Waals surface area contributed by atoms with Crippen molar-refractivity contribution in [2.75, 3.05) is 20.8 Å². The highest BCUT2D eigenvalue weighted by atomic mass is 32.2. The van der Waals surface area contributed by atoms with E-state index in [1.807, 2.05) is 18.2 Å². The minimum atomic E-state index is -0.374. The van der Waals surface area contributed by atoms with Crippen molar-refractivity contribution in [2.45, 2.75) is 56.0 Å². The minimum absolute atomic E-state index is 0.320. The number of furan rings is 1. The quantitative estimate of drug-likeness (QED) is 0.297. The average molecular weight is 472 g/mol. The van der Waals surface area contributed by atoms with E-state index >= 15 is 0 Å². The van der Waals surface area contributed by atoms with E-state index in [1.54, 1.807) is 27.2 Å². The summed E-state index contributed by atoms with van der Waals surface area (Å²) in [5.41, 5.74) is 1.37. The Kier molecular flexibility index (Phi) is 7.59. The number of benzene rings is 1. The second-order valence-corrected chi connectivity index (χ2v) is 8.75. The third kappa shape index (κ3) is 5.03. The van der Waals surface area contributed by atoms with Gasteiger partial charge in [0.2, 0.25) is 0 Å². The van der Waals surface area contributed by atoms with E-state index in [-0.39, 0.29) is 5.97 Å². The van der Waals surface area contributed by atoms with Crippen LogP contribution in [-0.2, 0) is 10.5 Å². The maximum Gasteiger partial charge on any atom is 0.341 e. The van der Waals surface area contributed by atoms with Gasteiger partial charge in [-0.25, -0.2) is 4.79 Å². The van der Waals surface area contributed by atoms with Crippen molar-refractivity contribution in [3.05, 3.63) is 41.9 Å². The summed E-state index contributed by atoms with van der Waals surface area (Å²) in [6, 6.07) is 7.76. The van der Waals surface area contributed by atoms with E-state index in [4.69, 9.17) is 18.6 Å². The van der Waals surface area contributed by atoms with Gasteiger partial charge in [0.15, 0.2) is 22.5 Å². The lowest BCUT2D eigenvalue weighted by Crippen LogP contribution is -2.15. The van der Waals surface area contributed by atoms with Crippen molar-refractivity contribution in [1.82, 2.24) is 14.8 Å². The van der Waals surface area contributed by atoms with Gasteiger partial charge >= 0.3 is 5.97 Å². The summed E-state index contributed by atoms with van der Waals surface area (Å²) in [6.07, 6.45) is 7.31. The first kappa shape index (κ1) is 23.2. The summed E-state index contributed by atoms with van der Waals surface area (Å²) in [4.78, 5) is 12.2. The molecule has 0 unspecified atom stereocenters. The molecule has 0 aliphatic heterocycles. The molecule has 0 bridgehead atoms. The molecule has 0 amide bonds. The molecular formula is C24H29N3O5S. The van der Waals surface area contributed by atoms with Crippen LogP contribution in [0.1, 0.15) is 61.2 Å². The molecule has 2 heterocycles. The van der Waals surface area contributed by atoms with Gasteiger partial charge in [-0.15, -0.1) is 10.2 Å². The zero-order valence-corrected chi connectivity index (χ0v) is 20.0. The maximum absolute atomic E-state index is 12.2. The van der Waals surface area contributed by atoms with Crippen molar-refractivity contribution >= 4 is 17.7 Å². The largest absolute Gasteiger partial charge is 0.493 e. The second-order valence-electron chi connectivity index (χ2n) is 7.80. The number of aromatic nitrogens is 3. The lowest BCUT2D eigenvalue weighted by molar-refractivity contribution is 0.0524. The fourth-order valence-corrected chi connectivity index (χ4v) is 5.15. The number of nitrogens with zero attached hydrogens (tertiary/aromatic N) is 3. The molecule has 33 heavy (non-hydrogen) atoms. The minimum Gasteiger partial charge on any atom is -0.493 e. The van der Waals surface area contributed by atoms with E-state index in [9.17, 15) is 4.79 Å². The highest BCUT2D eigenvalue weighted by molar-refractivity contribution is 7.98. The second kappa shape index (κ2) is 10.8. The Hall–Kier alpha value is -2.94. The van der Waals surface area contributed by atoms with Gasteiger partial charge in [0.1, 0.15) is 11.3 Å². The highest BCUT2D eigenvalue weighted by Gasteiger charge is 2.25. The molecule has 4 rings (SSSR count). The molecule has 0 saturated heterocycles. The van der Waals surface area contributed by atoms with Crippen LogP contribution < -0.4 is 9.47 Å². The van der Waals surface area contributed by atoms with Gasteiger partial charge in [0.25, 0.3) is 0 Å². The predicted octanol–water partition coefficient (Wildman–Crippen LogP) is 5.53. The number of carbonyl (C=O) groups excluding carboxylic acids is 1. The molecular weight excluding hydrogens is 442 g/mol. The van der Waals surface area contributed by atoms with Crippen LogP contribution in [0, 0.1) is 0 Å². The topological polar surface area (TPSA) is 88.6 Å². The Morgan fingerprint density at radius 1 is 1.12 bits per heavy atom. The normalized spacial score (nSPS) is 14.3. The average Bonchev–Trinajstić information content (AvgIpc) is 3.50. The Labute approximate surface area is 197 Å². The van der Waals surface area contributed by atoms with Crippen molar-refractivity contribution in [3.63, 3.8) is 0 Å². The highest BCUT2D eigenvalue weighted by Crippen LogP contribution is 2.38. The van der Waals surface area contributed by atoms with Crippen LogP contribution in [-0.4, -0.2) is 41.6 Å². The van der Waals surface area contributed by atoms with E-state index in [0.29, 0.717) is 41.2 Å². The number of hydrogen-bond donors (Lipinski definition) is 0. The first-order valence-corrected chi connectivity index (χ1v) is 12.2. The fraction of sp³-hybridized carbons (Fsp3) is 0.458. The third-order valence-electron chi connectivity index (χ3n) is 5.82. The molecule has 8 nitrogen and oxygen atoms in total. The predicted molar refractivity (Wildman–Crippen MR) is 125 cm³/mol. The fourth-order valence-electron chi connectivity index (χ4n) is 4.19. The van der Waals surface area contributed by atoms with Crippen LogP contribution in [0.15, 0.2) is 40.1 Å². The number of rotatable bonds is 9. The van der Waals surface area contributed by atoms with Crippen LogP contribution >= 0.6 is 11.8 Å². The summed E-state index contributed by atoms with van der Waals surface area (Å²) in [6.45, 7) is 2.11. The zero-order valence-electron chi connectivity index (χ0n) is 19.2. The molecule has 176 valence electrons. The third-order valence-corrected chi connectivity index (χ3v) is 6.76. The van der Waals surface area contributed by atoms with Crippen molar-refractivity contribution < 1.29 is 23.4 Å².